The Bertz CT molecular complexity index is 899. The molecule has 2 aromatic rings. The lowest BCUT2D eigenvalue weighted by Crippen LogP contribution is -2.19. The molecule has 26 heavy (non-hydrogen) atoms. The number of carbonyl (C=O) groups excluding carboxylic acids is 1. The molecule has 1 aromatic carbocycles. The Balaban J connectivity index is 1.84. The number of amides is 1. The van der Waals surface area contributed by atoms with Crippen molar-refractivity contribution >= 4 is 21.6 Å². The van der Waals surface area contributed by atoms with Crippen LogP contribution >= 0.6 is 0 Å². The molecule has 3 N–H and O–H groups in total. The predicted molar refractivity (Wildman–Crippen MR) is 99.8 cm³/mol. The monoisotopic (exact) mass is 376 g/mol. The number of hydrogen-bond acceptors (Lipinski definition) is 4. The molecule has 0 aliphatic heterocycles. The highest BCUT2D eigenvalue weighted by Gasteiger charge is 2.18. The van der Waals surface area contributed by atoms with Gasteiger partial charge in [0.2, 0.25) is 15.9 Å². The van der Waals surface area contributed by atoms with Crippen molar-refractivity contribution in [3.63, 3.8) is 0 Å². The van der Waals surface area contributed by atoms with Crippen LogP contribution in [-0.4, -0.2) is 24.1 Å². The van der Waals surface area contributed by atoms with E-state index in [-0.39, 0.29) is 10.8 Å². The molecule has 7 nitrogen and oxygen atoms in total. The summed E-state index contributed by atoms with van der Waals surface area (Å²) in [7, 11) is -2.11. The van der Waals surface area contributed by atoms with Crippen LogP contribution in [0.25, 0.3) is 11.1 Å². The number of benzene rings is 1. The van der Waals surface area contributed by atoms with Crippen LogP contribution in [0.3, 0.4) is 0 Å². The number of hydrogen-bond donors (Lipinski definition) is 2. The first-order valence-electron chi connectivity index (χ1n) is 8.78. The lowest BCUT2D eigenvalue weighted by atomic mass is 9.87. The number of rotatable bonds is 5. The fraction of sp³-hybridized carbons (Fsp3) is 0.444. The Morgan fingerprint density at radius 3 is 2.58 bits per heavy atom. The summed E-state index contributed by atoms with van der Waals surface area (Å²) in [5, 5.41) is 12.2. The van der Waals surface area contributed by atoms with Crippen LogP contribution in [0, 0.1) is 5.92 Å². The van der Waals surface area contributed by atoms with Gasteiger partial charge in [0.05, 0.1) is 11.1 Å². The van der Waals surface area contributed by atoms with Crippen molar-refractivity contribution in [2.45, 2.75) is 43.4 Å². The molecule has 1 amide bonds. The summed E-state index contributed by atoms with van der Waals surface area (Å²) in [6.45, 7) is 0. The van der Waals surface area contributed by atoms with Crippen LogP contribution in [0.15, 0.2) is 35.5 Å². The van der Waals surface area contributed by atoms with Gasteiger partial charge in [0.1, 0.15) is 0 Å². The summed E-state index contributed by atoms with van der Waals surface area (Å²) in [5.74, 6) is 0.309. The van der Waals surface area contributed by atoms with Gasteiger partial charge in [0.25, 0.3) is 0 Å². The first kappa shape index (κ1) is 18.6. The summed E-state index contributed by atoms with van der Waals surface area (Å²) < 4.78 is 25.3. The van der Waals surface area contributed by atoms with E-state index in [1.165, 1.54) is 31.4 Å². The molecule has 1 heterocycles. The molecular weight excluding hydrogens is 352 g/mol. The van der Waals surface area contributed by atoms with Crippen molar-refractivity contribution in [2.24, 2.45) is 18.1 Å². The highest BCUT2D eigenvalue weighted by atomic mass is 32.2. The Labute approximate surface area is 153 Å². The molecule has 1 aliphatic rings. The SMILES string of the molecule is Cn1cc(-c2cc(NC(=O)CC3CCCCC3)cc(S(N)(=O)=O)c2)cn1. The van der Waals surface area contributed by atoms with Crippen molar-refractivity contribution in [2.75, 3.05) is 5.32 Å². The highest BCUT2D eigenvalue weighted by Crippen LogP contribution is 2.29. The number of sulfonamides is 1. The van der Waals surface area contributed by atoms with E-state index < -0.39 is 10.0 Å². The second-order valence-electron chi connectivity index (χ2n) is 6.95. The first-order valence-corrected chi connectivity index (χ1v) is 10.3. The number of nitrogens with one attached hydrogen (secondary N) is 1. The van der Waals surface area contributed by atoms with Gasteiger partial charge >= 0.3 is 0 Å². The Morgan fingerprint density at radius 2 is 1.96 bits per heavy atom. The summed E-state index contributed by atoms with van der Waals surface area (Å²) in [5.41, 5.74) is 1.81. The largest absolute Gasteiger partial charge is 0.326 e. The molecule has 140 valence electrons. The third-order valence-corrected chi connectivity index (χ3v) is 5.65. The van der Waals surface area contributed by atoms with Gasteiger partial charge in [0.15, 0.2) is 0 Å². The van der Waals surface area contributed by atoms with Crippen molar-refractivity contribution in [1.82, 2.24) is 9.78 Å². The zero-order chi connectivity index (χ0) is 18.7. The van der Waals surface area contributed by atoms with Crippen LogP contribution in [0.4, 0.5) is 5.69 Å². The van der Waals surface area contributed by atoms with Crippen LogP contribution in [-0.2, 0) is 21.9 Å². The normalized spacial score (nSPS) is 15.8. The molecule has 1 saturated carbocycles. The number of aryl methyl sites for hydroxylation is 1. The number of carbonyl (C=O) groups is 1. The van der Waals surface area contributed by atoms with Gasteiger partial charge in [-0.25, -0.2) is 13.6 Å². The zero-order valence-electron chi connectivity index (χ0n) is 14.8. The van der Waals surface area contributed by atoms with Crippen LogP contribution in [0.1, 0.15) is 38.5 Å². The van der Waals surface area contributed by atoms with Gasteiger partial charge < -0.3 is 5.32 Å². The lowest BCUT2D eigenvalue weighted by molar-refractivity contribution is -0.117. The molecule has 0 saturated heterocycles. The summed E-state index contributed by atoms with van der Waals surface area (Å²) in [6.07, 6.45) is 9.60. The maximum Gasteiger partial charge on any atom is 0.238 e. The van der Waals surface area contributed by atoms with Crippen LogP contribution in [0.5, 0.6) is 0 Å². The number of primary sulfonamides is 1. The van der Waals surface area contributed by atoms with Gasteiger partial charge in [-0.05, 0) is 42.5 Å². The van der Waals surface area contributed by atoms with E-state index in [9.17, 15) is 13.2 Å². The van der Waals surface area contributed by atoms with Crippen molar-refractivity contribution < 1.29 is 13.2 Å². The molecule has 3 rings (SSSR count). The lowest BCUT2D eigenvalue weighted by Gasteiger charge is -2.21. The Kier molecular flexibility index (Phi) is 5.43. The summed E-state index contributed by atoms with van der Waals surface area (Å²) in [6, 6.07) is 4.63. The second-order valence-corrected chi connectivity index (χ2v) is 8.51. The summed E-state index contributed by atoms with van der Waals surface area (Å²) in [4.78, 5) is 12.3. The van der Waals surface area contributed by atoms with Gasteiger partial charge in [-0.15, -0.1) is 0 Å². The van der Waals surface area contributed by atoms with E-state index in [1.54, 1.807) is 30.2 Å². The first-order chi connectivity index (χ1) is 12.3. The molecule has 1 fully saturated rings. The standard InChI is InChI=1S/C18H24N4O3S/c1-22-12-15(11-20-22)14-8-16(10-17(9-14)26(19,24)25)21-18(23)7-13-5-3-2-4-6-13/h8-13H,2-7H2,1H3,(H,21,23)(H2,19,24,25). The van der Waals surface area contributed by atoms with Crippen LogP contribution in [0.2, 0.25) is 0 Å². The molecule has 8 heteroatoms. The third kappa shape index (κ3) is 4.70. The summed E-state index contributed by atoms with van der Waals surface area (Å²) >= 11 is 0. The topological polar surface area (TPSA) is 107 Å². The van der Waals surface area contributed by atoms with Crippen molar-refractivity contribution in [3.8, 4) is 11.1 Å². The zero-order valence-corrected chi connectivity index (χ0v) is 15.6. The Hall–Kier alpha value is -2.19. The highest BCUT2D eigenvalue weighted by molar-refractivity contribution is 7.89. The fourth-order valence-electron chi connectivity index (χ4n) is 3.44. The minimum absolute atomic E-state index is 0.0354. The molecular formula is C18H24N4O3S. The fourth-order valence-corrected chi connectivity index (χ4v) is 4.02. The quantitative estimate of drug-likeness (QED) is 0.836. The molecule has 1 aromatic heterocycles. The minimum Gasteiger partial charge on any atom is -0.326 e. The van der Waals surface area contributed by atoms with E-state index >= 15 is 0 Å². The molecule has 0 radical (unpaired) electrons. The van der Waals surface area contributed by atoms with Gasteiger partial charge in [0, 0.05) is 30.9 Å². The minimum atomic E-state index is -3.89. The number of nitrogens with zero attached hydrogens (tertiary/aromatic N) is 2. The average Bonchev–Trinajstić information content (AvgIpc) is 3.01. The van der Waals surface area contributed by atoms with E-state index in [0.717, 1.165) is 18.4 Å². The second kappa shape index (κ2) is 7.59. The van der Waals surface area contributed by atoms with Gasteiger partial charge in [-0.3, -0.25) is 9.48 Å². The average molecular weight is 376 g/mol. The maximum atomic E-state index is 12.4. The maximum absolute atomic E-state index is 12.4. The molecule has 0 atom stereocenters. The molecule has 0 spiro atoms. The smallest absolute Gasteiger partial charge is 0.238 e. The van der Waals surface area contributed by atoms with Gasteiger partial charge in [-0.1, -0.05) is 19.3 Å². The number of nitrogens with two attached hydrogens (primary N) is 1. The van der Waals surface area contributed by atoms with E-state index in [4.69, 9.17) is 5.14 Å². The number of anilines is 1. The third-order valence-electron chi connectivity index (χ3n) is 4.76. The van der Waals surface area contributed by atoms with Gasteiger partial charge in [-0.2, -0.15) is 5.10 Å². The van der Waals surface area contributed by atoms with E-state index in [0.29, 0.717) is 23.6 Å². The van der Waals surface area contributed by atoms with E-state index in [1.807, 2.05) is 0 Å². The van der Waals surface area contributed by atoms with Crippen molar-refractivity contribution in [3.05, 3.63) is 30.6 Å². The molecule has 0 bridgehead atoms. The predicted octanol–water partition coefficient (Wildman–Crippen LogP) is 2.64. The Morgan fingerprint density at radius 1 is 1.23 bits per heavy atom. The molecule has 0 unspecified atom stereocenters. The van der Waals surface area contributed by atoms with Crippen LogP contribution < -0.4 is 10.5 Å². The van der Waals surface area contributed by atoms with E-state index in [2.05, 4.69) is 10.4 Å². The van der Waals surface area contributed by atoms with Crippen molar-refractivity contribution in [1.29, 1.82) is 0 Å². The molecule has 1 aliphatic carbocycles. The number of aromatic nitrogens is 2.